The first kappa shape index (κ1) is 8.28. The molecule has 0 aliphatic rings. The van der Waals surface area contributed by atoms with Crippen LogP contribution in [0.3, 0.4) is 0 Å². The zero-order valence-electron chi connectivity index (χ0n) is 6.66. The quantitative estimate of drug-likeness (QED) is 0.552. The van der Waals surface area contributed by atoms with Gasteiger partial charge in [0.15, 0.2) is 0 Å². The largest absolute Gasteiger partial charge is 0.359 e. The van der Waals surface area contributed by atoms with Crippen LogP contribution in [0.15, 0.2) is 18.3 Å². The number of hydrogen-bond donors (Lipinski definition) is 1. The molecule has 0 aromatic carbocycles. The van der Waals surface area contributed by atoms with E-state index in [1.54, 1.807) is 12.3 Å². The summed E-state index contributed by atoms with van der Waals surface area (Å²) in [6.07, 6.45) is 1.69. The van der Waals surface area contributed by atoms with Gasteiger partial charge in [-0.05, 0) is 24.5 Å². The van der Waals surface area contributed by atoms with E-state index in [0.717, 1.165) is 5.56 Å². The first-order chi connectivity index (χ1) is 5.68. The van der Waals surface area contributed by atoms with Crippen LogP contribution in [0, 0.1) is 18.8 Å². The van der Waals surface area contributed by atoms with Gasteiger partial charge in [0.05, 0.1) is 0 Å². The topological polar surface area (TPSA) is 56.0 Å². The molecule has 0 aliphatic heterocycles. The Labute approximate surface area is 70.6 Å². The molecular weight excluding hydrogens is 152 g/mol. The molecule has 1 rings (SSSR count). The molecule has 0 atom stereocenters. The summed E-state index contributed by atoms with van der Waals surface area (Å²) >= 11 is 0. The highest BCUT2D eigenvalue weighted by molar-refractivity contribution is 5.92. The molecule has 12 heavy (non-hydrogen) atoms. The third kappa shape index (κ3) is 2.43. The van der Waals surface area contributed by atoms with Crippen LogP contribution in [-0.2, 0) is 4.79 Å². The van der Waals surface area contributed by atoms with Crippen LogP contribution in [0.4, 0.5) is 0 Å². The monoisotopic (exact) mass is 160 g/mol. The molecule has 0 bridgehead atoms. The smallest absolute Gasteiger partial charge is 0.293 e. The van der Waals surface area contributed by atoms with Gasteiger partial charge in [0.2, 0.25) is 0 Å². The van der Waals surface area contributed by atoms with Gasteiger partial charge in [-0.1, -0.05) is 6.07 Å². The standard InChI is InChI=1S/C9H8N2O/c1-7-2-3-8(11-6-7)4-5-9(10)12/h2-3,6H,1H3,(H2,10,12). The van der Waals surface area contributed by atoms with E-state index >= 15 is 0 Å². The van der Waals surface area contributed by atoms with Crippen LogP contribution in [0.1, 0.15) is 11.3 Å². The second kappa shape index (κ2) is 3.54. The number of aryl methyl sites for hydroxylation is 1. The molecule has 1 aromatic rings. The lowest BCUT2D eigenvalue weighted by Gasteiger charge is -1.89. The van der Waals surface area contributed by atoms with Gasteiger partial charge in [-0.2, -0.15) is 0 Å². The predicted octanol–water partition coefficient (Wildman–Crippen LogP) is 0.227. The average Bonchev–Trinajstić information content (AvgIpc) is 2.03. The van der Waals surface area contributed by atoms with Crippen LogP contribution in [0.5, 0.6) is 0 Å². The highest BCUT2D eigenvalue weighted by atomic mass is 16.1. The van der Waals surface area contributed by atoms with Crippen molar-refractivity contribution in [3.63, 3.8) is 0 Å². The second-order valence-corrected chi connectivity index (χ2v) is 2.34. The zero-order valence-corrected chi connectivity index (χ0v) is 6.66. The van der Waals surface area contributed by atoms with Crippen molar-refractivity contribution in [3.05, 3.63) is 29.6 Å². The first-order valence-corrected chi connectivity index (χ1v) is 3.42. The molecule has 0 saturated carbocycles. The van der Waals surface area contributed by atoms with Crippen molar-refractivity contribution < 1.29 is 4.79 Å². The Kier molecular flexibility index (Phi) is 2.44. The molecule has 0 aliphatic carbocycles. The summed E-state index contributed by atoms with van der Waals surface area (Å²) in [6.45, 7) is 1.93. The highest BCUT2D eigenvalue weighted by Gasteiger charge is 1.87. The molecule has 1 aromatic heterocycles. The van der Waals surface area contributed by atoms with Gasteiger partial charge in [0, 0.05) is 12.1 Å². The van der Waals surface area contributed by atoms with Gasteiger partial charge in [-0.3, -0.25) is 4.79 Å². The number of rotatable bonds is 0. The Morgan fingerprint density at radius 2 is 2.33 bits per heavy atom. The van der Waals surface area contributed by atoms with Crippen molar-refractivity contribution in [3.8, 4) is 11.8 Å². The Morgan fingerprint density at radius 1 is 1.58 bits per heavy atom. The summed E-state index contributed by atoms with van der Waals surface area (Å²) in [5, 5.41) is 0. The molecule has 0 radical (unpaired) electrons. The molecule has 0 spiro atoms. The van der Waals surface area contributed by atoms with E-state index in [2.05, 4.69) is 16.8 Å². The Bertz CT molecular complexity index is 343. The number of nitrogens with zero attached hydrogens (tertiary/aromatic N) is 1. The molecule has 1 heterocycles. The average molecular weight is 160 g/mol. The van der Waals surface area contributed by atoms with E-state index in [9.17, 15) is 4.79 Å². The summed E-state index contributed by atoms with van der Waals surface area (Å²) in [5.74, 6) is 4.10. The maximum absolute atomic E-state index is 10.3. The second-order valence-electron chi connectivity index (χ2n) is 2.34. The van der Waals surface area contributed by atoms with E-state index < -0.39 is 5.91 Å². The van der Waals surface area contributed by atoms with Crippen LogP contribution in [0.25, 0.3) is 0 Å². The minimum Gasteiger partial charge on any atom is -0.359 e. The minimum absolute atomic E-state index is 0.555. The van der Waals surface area contributed by atoms with Gasteiger partial charge in [-0.25, -0.2) is 4.98 Å². The van der Waals surface area contributed by atoms with Crippen molar-refractivity contribution in [2.24, 2.45) is 5.73 Å². The van der Waals surface area contributed by atoms with Crippen LogP contribution in [0.2, 0.25) is 0 Å². The maximum Gasteiger partial charge on any atom is 0.293 e. The van der Waals surface area contributed by atoms with Crippen LogP contribution < -0.4 is 5.73 Å². The van der Waals surface area contributed by atoms with E-state index in [4.69, 9.17) is 5.73 Å². The fourth-order valence-corrected chi connectivity index (χ4v) is 0.667. The van der Waals surface area contributed by atoms with E-state index in [0.29, 0.717) is 5.69 Å². The summed E-state index contributed by atoms with van der Waals surface area (Å²) in [7, 11) is 0. The number of nitrogens with two attached hydrogens (primary N) is 1. The van der Waals surface area contributed by atoms with Gasteiger partial charge >= 0.3 is 0 Å². The Morgan fingerprint density at radius 3 is 2.83 bits per heavy atom. The van der Waals surface area contributed by atoms with Crippen LogP contribution >= 0.6 is 0 Å². The summed E-state index contributed by atoms with van der Waals surface area (Å²) in [6, 6.07) is 3.61. The Hall–Kier alpha value is -1.82. The normalized spacial score (nSPS) is 8.42. The van der Waals surface area contributed by atoms with Crippen LogP contribution in [-0.4, -0.2) is 10.9 Å². The first-order valence-electron chi connectivity index (χ1n) is 3.42. The van der Waals surface area contributed by atoms with Gasteiger partial charge in [-0.15, -0.1) is 0 Å². The summed E-state index contributed by atoms with van der Waals surface area (Å²) < 4.78 is 0. The number of primary amides is 1. The number of pyridine rings is 1. The molecule has 2 N–H and O–H groups in total. The molecule has 1 amide bonds. The highest BCUT2D eigenvalue weighted by Crippen LogP contribution is 1.95. The third-order valence-electron chi connectivity index (χ3n) is 1.23. The summed E-state index contributed by atoms with van der Waals surface area (Å²) in [4.78, 5) is 14.2. The number of carbonyl (C=O) groups excluding carboxylic acids is 1. The van der Waals surface area contributed by atoms with E-state index in [1.165, 1.54) is 0 Å². The summed E-state index contributed by atoms with van der Waals surface area (Å²) in [5.41, 5.74) is 6.44. The molecule has 0 fully saturated rings. The zero-order chi connectivity index (χ0) is 8.97. The number of carbonyl (C=O) groups is 1. The van der Waals surface area contributed by atoms with Gasteiger partial charge in [0.25, 0.3) is 5.91 Å². The lowest BCUT2D eigenvalue weighted by molar-refractivity contribution is -0.112. The molecule has 60 valence electrons. The van der Waals surface area contributed by atoms with Crippen molar-refractivity contribution >= 4 is 5.91 Å². The van der Waals surface area contributed by atoms with E-state index in [1.807, 2.05) is 13.0 Å². The van der Waals surface area contributed by atoms with Crippen molar-refractivity contribution in [1.29, 1.82) is 0 Å². The number of hydrogen-bond acceptors (Lipinski definition) is 2. The maximum atomic E-state index is 10.3. The van der Waals surface area contributed by atoms with Gasteiger partial charge in [0.1, 0.15) is 5.69 Å². The van der Waals surface area contributed by atoms with Crippen molar-refractivity contribution in [2.45, 2.75) is 6.92 Å². The van der Waals surface area contributed by atoms with Crippen molar-refractivity contribution in [1.82, 2.24) is 4.98 Å². The predicted molar refractivity (Wildman–Crippen MR) is 45.0 cm³/mol. The van der Waals surface area contributed by atoms with Crippen molar-refractivity contribution in [2.75, 3.05) is 0 Å². The molecule has 3 nitrogen and oxygen atoms in total. The molecule has 3 heteroatoms. The fraction of sp³-hybridized carbons (Fsp3) is 0.111. The SMILES string of the molecule is Cc1ccc(C#CC(N)=O)nc1. The Balaban J connectivity index is 2.86. The third-order valence-corrected chi connectivity index (χ3v) is 1.23. The minimum atomic E-state index is -0.641. The van der Waals surface area contributed by atoms with Gasteiger partial charge < -0.3 is 5.73 Å². The van der Waals surface area contributed by atoms with E-state index in [-0.39, 0.29) is 0 Å². The number of amides is 1. The number of aromatic nitrogens is 1. The molecular formula is C9H8N2O. The molecule has 0 saturated heterocycles. The fourth-order valence-electron chi connectivity index (χ4n) is 0.667. The lowest BCUT2D eigenvalue weighted by Crippen LogP contribution is -2.06. The lowest BCUT2D eigenvalue weighted by atomic mass is 10.3. The molecule has 0 unspecified atom stereocenters.